The van der Waals surface area contributed by atoms with Crippen molar-refractivity contribution in [3.8, 4) is 5.69 Å². The van der Waals surface area contributed by atoms with Gasteiger partial charge in [0.25, 0.3) is 17.4 Å². The van der Waals surface area contributed by atoms with Gasteiger partial charge in [-0.3, -0.25) is 24.3 Å². The maximum atomic E-state index is 14.6. The van der Waals surface area contributed by atoms with Gasteiger partial charge in [0.05, 0.1) is 35.7 Å². The third kappa shape index (κ3) is 2.36. The summed E-state index contributed by atoms with van der Waals surface area (Å²) in [5.74, 6) is -2.07. The predicted octanol–water partition coefficient (Wildman–Crippen LogP) is 0.279. The molecule has 0 radical (unpaired) electrons. The van der Waals surface area contributed by atoms with Crippen molar-refractivity contribution in [2.75, 3.05) is 36.9 Å². The molecule has 0 bridgehead atoms. The quantitative estimate of drug-likeness (QED) is 0.747. The molecule has 1 aromatic heterocycles. The fraction of sp³-hybridized carbons (Fsp3) is 0.235. The van der Waals surface area contributed by atoms with Gasteiger partial charge in [0, 0.05) is 19.2 Å². The minimum atomic E-state index is -0.680. The van der Waals surface area contributed by atoms with Gasteiger partial charge in [0.15, 0.2) is 0 Å². The van der Waals surface area contributed by atoms with Crippen LogP contribution in [0.25, 0.3) is 5.69 Å². The molecule has 2 aliphatic rings. The number of imide groups is 1. The highest BCUT2D eigenvalue weighted by molar-refractivity contribution is 6.23. The highest BCUT2D eigenvalue weighted by Crippen LogP contribution is 2.31. The molecule has 8 nitrogen and oxygen atoms in total. The lowest BCUT2D eigenvalue weighted by Gasteiger charge is -2.31. The number of morpholine rings is 1. The predicted molar refractivity (Wildman–Crippen MR) is 91.2 cm³/mol. The number of pyridine rings is 1. The zero-order valence-corrected chi connectivity index (χ0v) is 13.6. The van der Waals surface area contributed by atoms with Crippen molar-refractivity contribution < 1.29 is 18.7 Å². The third-order valence-electron chi connectivity index (χ3n) is 4.49. The first-order chi connectivity index (χ1) is 12.5. The molecular weight excluding hydrogens is 343 g/mol. The molecule has 3 N–H and O–H groups in total. The molecule has 134 valence electrons. The van der Waals surface area contributed by atoms with E-state index in [4.69, 9.17) is 10.5 Å². The number of halogens is 1. The number of benzene rings is 1. The molecule has 4 rings (SSSR count). The monoisotopic (exact) mass is 358 g/mol. The fourth-order valence-corrected chi connectivity index (χ4v) is 3.31. The highest BCUT2D eigenvalue weighted by atomic mass is 19.1. The van der Waals surface area contributed by atoms with Gasteiger partial charge < -0.3 is 15.4 Å². The summed E-state index contributed by atoms with van der Waals surface area (Å²) >= 11 is 0. The van der Waals surface area contributed by atoms with Crippen LogP contribution in [0.5, 0.6) is 0 Å². The van der Waals surface area contributed by atoms with Crippen LogP contribution in [0.2, 0.25) is 0 Å². The van der Waals surface area contributed by atoms with E-state index in [1.165, 1.54) is 12.1 Å². The Labute approximate surface area is 147 Å². The van der Waals surface area contributed by atoms with Gasteiger partial charge in [-0.05, 0) is 12.1 Å². The van der Waals surface area contributed by atoms with Gasteiger partial charge in [-0.15, -0.1) is 0 Å². The first-order valence-electron chi connectivity index (χ1n) is 8.02. The number of anilines is 2. The lowest BCUT2D eigenvalue weighted by Crippen LogP contribution is -2.38. The van der Waals surface area contributed by atoms with E-state index in [0.29, 0.717) is 26.3 Å². The fourth-order valence-electron chi connectivity index (χ4n) is 3.31. The minimum Gasteiger partial charge on any atom is -0.384 e. The number of hydrogen-bond acceptors (Lipinski definition) is 6. The van der Waals surface area contributed by atoms with Gasteiger partial charge in [0.1, 0.15) is 11.6 Å². The Morgan fingerprint density at radius 2 is 1.85 bits per heavy atom. The number of nitrogens with zero attached hydrogens (tertiary/aromatic N) is 2. The van der Waals surface area contributed by atoms with Gasteiger partial charge in [-0.1, -0.05) is 6.07 Å². The van der Waals surface area contributed by atoms with Gasteiger partial charge in [0.2, 0.25) is 0 Å². The number of aromatic nitrogens is 1. The Kier molecular flexibility index (Phi) is 3.73. The molecule has 0 atom stereocenters. The van der Waals surface area contributed by atoms with Crippen molar-refractivity contribution in [1.29, 1.82) is 0 Å². The Bertz CT molecular complexity index is 995. The van der Waals surface area contributed by atoms with Crippen molar-refractivity contribution in [3.05, 3.63) is 51.6 Å². The molecule has 2 aliphatic heterocycles. The normalized spacial score (nSPS) is 16.6. The second kappa shape index (κ2) is 5.95. The molecule has 2 amide bonds. The molecule has 0 unspecified atom stereocenters. The average molecular weight is 358 g/mol. The number of nitrogens with two attached hydrogens (primary N) is 1. The van der Waals surface area contributed by atoms with E-state index in [0.717, 1.165) is 10.6 Å². The molecular formula is C17H15FN4O4. The second-order valence-electron chi connectivity index (χ2n) is 5.98. The summed E-state index contributed by atoms with van der Waals surface area (Å²) in [7, 11) is 0. The summed E-state index contributed by atoms with van der Waals surface area (Å²) in [6.07, 6.45) is 0. The topological polar surface area (TPSA) is 107 Å². The summed E-state index contributed by atoms with van der Waals surface area (Å²) in [4.78, 5) is 38.2. The van der Waals surface area contributed by atoms with Gasteiger partial charge in [-0.25, -0.2) is 4.39 Å². The maximum absolute atomic E-state index is 14.6. The van der Waals surface area contributed by atoms with E-state index in [-0.39, 0.29) is 28.3 Å². The molecule has 0 spiro atoms. The zero-order chi connectivity index (χ0) is 18.4. The summed E-state index contributed by atoms with van der Waals surface area (Å²) in [5, 5.41) is 2.11. The molecule has 26 heavy (non-hydrogen) atoms. The lowest BCUT2D eigenvalue weighted by atomic mass is 10.1. The number of nitrogen functional groups attached to an aromatic ring is 1. The number of rotatable bonds is 2. The van der Waals surface area contributed by atoms with Crippen LogP contribution >= 0.6 is 0 Å². The summed E-state index contributed by atoms with van der Waals surface area (Å²) in [5.41, 5.74) is 5.70. The van der Waals surface area contributed by atoms with Gasteiger partial charge in [-0.2, -0.15) is 0 Å². The van der Waals surface area contributed by atoms with Crippen molar-refractivity contribution in [1.82, 2.24) is 9.88 Å². The van der Waals surface area contributed by atoms with E-state index in [1.54, 1.807) is 11.0 Å². The molecule has 1 saturated heterocycles. The van der Waals surface area contributed by atoms with E-state index >= 15 is 0 Å². The number of ether oxygens (including phenoxy) is 1. The Morgan fingerprint density at radius 3 is 2.58 bits per heavy atom. The molecule has 9 heteroatoms. The lowest BCUT2D eigenvalue weighted by molar-refractivity contribution is 0.0880. The first kappa shape index (κ1) is 16.3. The Morgan fingerprint density at radius 1 is 1.12 bits per heavy atom. The standard InChI is InChI=1S/C17H15FN4O4/c18-10-2-1-3-11(14(10)21-4-6-26-7-5-21)22-12(23)8-9-13(15(22)19)17(25)20-16(9)24/h1-3,8H,4-7,19H2,(H,20,24,25). The summed E-state index contributed by atoms with van der Waals surface area (Å²) < 4.78 is 21.0. The maximum Gasteiger partial charge on any atom is 0.262 e. The van der Waals surface area contributed by atoms with Crippen molar-refractivity contribution >= 4 is 23.3 Å². The number of amides is 2. The van der Waals surface area contributed by atoms with Crippen LogP contribution in [0.15, 0.2) is 29.1 Å². The van der Waals surface area contributed by atoms with E-state index in [9.17, 15) is 18.8 Å². The number of carbonyl (C=O) groups excluding carboxylic acids is 2. The van der Waals surface area contributed by atoms with Crippen LogP contribution in [0, 0.1) is 5.82 Å². The SMILES string of the molecule is Nc1c2c(cc(=O)n1-c1cccc(F)c1N1CCOCC1)C(=O)NC2=O. The van der Waals surface area contributed by atoms with E-state index in [2.05, 4.69) is 5.32 Å². The van der Waals surface area contributed by atoms with Crippen molar-refractivity contribution in [2.45, 2.75) is 0 Å². The molecule has 0 saturated carbocycles. The molecule has 0 aliphatic carbocycles. The van der Waals surface area contributed by atoms with Crippen LogP contribution in [-0.2, 0) is 4.74 Å². The Balaban J connectivity index is 1.97. The second-order valence-corrected chi connectivity index (χ2v) is 5.98. The van der Waals surface area contributed by atoms with E-state index in [1.807, 2.05) is 0 Å². The largest absolute Gasteiger partial charge is 0.384 e. The van der Waals surface area contributed by atoms with E-state index < -0.39 is 23.2 Å². The van der Waals surface area contributed by atoms with Crippen molar-refractivity contribution in [3.63, 3.8) is 0 Å². The van der Waals surface area contributed by atoms with Crippen LogP contribution in [0.4, 0.5) is 15.9 Å². The summed E-state index contributed by atoms with van der Waals surface area (Å²) in [6.45, 7) is 1.76. The third-order valence-corrected chi connectivity index (χ3v) is 4.49. The highest BCUT2D eigenvalue weighted by Gasteiger charge is 2.32. The van der Waals surface area contributed by atoms with Crippen LogP contribution < -0.4 is 21.5 Å². The number of para-hydroxylation sites is 1. The average Bonchev–Trinajstić information content (AvgIpc) is 2.89. The smallest absolute Gasteiger partial charge is 0.262 e. The number of fused-ring (bicyclic) bond motifs is 1. The molecule has 3 heterocycles. The van der Waals surface area contributed by atoms with Crippen molar-refractivity contribution in [2.24, 2.45) is 0 Å². The first-order valence-corrected chi connectivity index (χ1v) is 8.02. The molecule has 1 fully saturated rings. The number of hydrogen-bond donors (Lipinski definition) is 2. The Hall–Kier alpha value is -3.20. The van der Waals surface area contributed by atoms with Crippen LogP contribution in [0.1, 0.15) is 20.7 Å². The van der Waals surface area contributed by atoms with Crippen LogP contribution in [-0.4, -0.2) is 42.7 Å². The van der Waals surface area contributed by atoms with Gasteiger partial charge >= 0.3 is 0 Å². The molecule has 1 aromatic carbocycles. The molecule has 2 aromatic rings. The van der Waals surface area contributed by atoms with Crippen LogP contribution in [0.3, 0.4) is 0 Å². The zero-order valence-electron chi connectivity index (χ0n) is 13.6. The summed E-state index contributed by atoms with van der Waals surface area (Å²) in [6, 6.07) is 5.34. The minimum absolute atomic E-state index is 0.0712. The number of nitrogens with one attached hydrogen (secondary N) is 1. The number of carbonyl (C=O) groups is 2.